The number of nitro benzene ring substituents is 1. The zero-order valence-electron chi connectivity index (χ0n) is 15.2. The average molecular weight is 376 g/mol. The van der Waals surface area contributed by atoms with Crippen molar-refractivity contribution in [3.8, 4) is 5.88 Å². The molecule has 0 atom stereocenters. The van der Waals surface area contributed by atoms with Crippen molar-refractivity contribution >= 4 is 17.1 Å². The number of nitrogens with zero attached hydrogens (tertiary/aromatic N) is 2. The SMILES string of the molecule is O=[N+]([O-])c1ccc2c(c1NCc1ccnc(OCc3ccccc3)c1)CCN2. The van der Waals surface area contributed by atoms with Crippen LogP contribution in [-0.4, -0.2) is 16.5 Å². The predicted molar refractivity (Wildman–Crippen MR) is 108 cm³/mol. The number of nitrogens with one attached hydrogen (secondary N) is 2. The maximum Gasteiger partial charge on any atom is 0.292 e. The zero-order chi connectivity index (χ0) is 19.3. The van der Waals surface area contributed by atoms with Crippen LogP contribution in [0.1, 0.15) is 16.7 Å². The van der Waals surface area contributed by atoms with Crippen LogP contribution in [0.25, 0.3) is 0 Å². The summed E-state index contributed by atoms with van der Waals surface area (Å²) < 4.78 is 5.76. The molecular formula is C21H20N4O3. The molecule has 7 nitrogen and oxygen atoms in total. The highest BCUT2D eigenvalue weighted by molar-refractivity contribution is 5.77. The third-order valence-corrected chi connectivity index (χ3v) is 4.68. The lowest BCUT2D eigenvalue weighted by molar-refractivity contribution is -0.384. The van der Waals surface area contributed by atoms with Gasteiger partial charge in [-0.25, -0.2) is 4.98 Å². The van der Waals surface area contributed by atoms with Crippen LogP contribution in [0.4, 0.5) is 17.1 Å². The van der Waals surface area contributed by atoms with Gasteiger partial charge in [-0.1, -0.05) is 30.3 Å². The van der Waals surface area contributed by atoms with Gasteiger partial charge in [-0.3, -0.25) is 10.1 Å². The summed E-state index contributed by atoms with van der Waals surface area (Å²) in [4.78, 5) is 15.3. The van der Waals surface area contributed by atoms with Crippen molar-refractivity contribution < 1.29 is 9.66 Å². The van der Waals surface area contributed by atoms with Gasteiger partial charge in [0, 0.05) is 42.7 Å². The molecule has 0 unspecified atom stereocenters. The van der Waals surface area contributed by atoms with E-state index in [-0.39, 0.29) is 10.6 Å². The largest absolute Gasteiger partial charge is 0.473 e. The number of benzene rings is 2. The van der Waals surface area contributed by atoms with E-state index in [1.165, 1.54) is 0 Å². The Hall–Kier alpha value is -3.61. The minimum absolute atomic E-state index is 0.0945. The van der Waals surface area contributed by atoms with Crippen molar-refractivity contribution in [3.05, 3.63) is 87.6 Å². The third kappa shape index (κ3) is 3.88. The molecule has 1 aromatic heterocycles. The summed E-state index contributed by atoms with van der Waals surface area (Å²) >= 11 is 0. The highest BCUT2D eigenvalue weighted by Crippen LogP contribution is 2.37. The summed E-state index contributed by atoms with van der Waals surface area (Å²) in [6, 6.07) is 16.9. The van der Waals surface area contributed by atoms with Gasteiger partial charge in [0.25, 0.3) is 5.69 Å². The van der Waals surface area contributed by atoms with E-state index in [9.17, 15) is 10.1 Å². The molecule has 0 bridgehead atoms. The van der Waals surface area contributed by atoms with Crippen LogP contribution in [0.15, 0.2) is 60.8 Å². The van der Waals surface area contributed by atoms with Crippen LogP contribution in [0.2, 0.25) is 0 Å². The van der Waals surface area contributed by atoms with E-state index in [1.54, 1.807) is 18.3 Å². The van der Waals surface area contributed by atoms with Gasteiger partial charge in [0.2, 0.25) is 5.88 Å². The van der Waals surface area contributed by atoms with E-state index in [4.69, 9.17) is 4.74 Å². The van der Waals surface area contributed by atoms with Gasteiger partial charge in [-0.05, 0) is 29.7 Å². The van der Waals surface area contributed by atoms with E-state index < -0.39 is 0 Å². The van der Waals surface area contributed by atoms with Gasteiger partial charge >= 0.3 is 0 Å². The summed E-state index contributed by atoms with van der Waals surface area (Å²) in [7, 11) is 0. The van der Waals surface area contributed by atoms with Crippen LogP contribution in [-0.2, 0) is 19.6 Å². The van der Waals surface area contributed by atoms with Crippen molar-refractivity contribution in [2.45, 2.75) is 19.6 Å². The molecule has 0 saturated heterocycles. The summed E-state index contributed by atoms with van der Waals surface area (Å²) in [5.41, 5.74) is 4.60. The molecule has 0 saturated carbocycles. The first kappa shape index (κ1) is 17.8. The number of aromatic nitrogens is 1. The topological polar surface area (TPSA) is 89.3 Å². The van der Waals surface area contributed by atoms with E-state index >= 15 is 0 Å². The highest BCUT2D eigenvalue weighted by atomic mass is 16.6. The molecule has 0 fully saturated rings. The van der Waals surface area contributed by atoms with E-state index in [2.05, 4.69) is 15.6 Å². The predicted octanol–water partition coefficient (Wildman–Crippen LogP) is 4.15. The minimum atomic E-state index is -0.345. The van der Waals surface area contributed by atoms with Crippen LogP contribution in [0.3, 0.4) is 0 Å². The minimum Gasteiger partial charge on any atom is -0.473 e. The van der Waals surface area contributed by atoms with Crippen LogP contribution < -0.4 is 15.4 Å². The van der Waals surface area contributed by atoms with Crippen molar-refractivity contribution in [2.24, 2.45) is 0 Å². The Morgan fingerprint density at radius 1 is 1.14 bits per heavy atom. The van der Waals surface area contributed by atoms with Gasteiger partial charge in [-0.15, -0.1) is 0 Å². The highest BCUT2D eigenvalue weighted by Gasteiger charge is 2.23. The monoisotopic (exact) mass is 376 g/mol. The molecule has 2 aromatic carbocycles. The van der Waals surface area contributed by atoms with E-state index in [0.717, 1.165) is 35.3 Å². The number of hydrogen-bond donors (Lipinski definition) is 2. The number of fused-ring (bicyclic) bond motifs is 1. The lowest BCUT2D eigenvalue weighted by Crippen LogP contribution is -2.06. The van der Waals surface area contributed by atoms with Gasteiger partial charge in [0.1, 0.15) is 12.3 Å². The normalized spacial score (nSPS) is 12.1. The molecule has 2 heterocycles. The summed E-state index contributed by atoms with van der Waals surface area (Å²) in [5, 5.41) is 17.9. The molecule has 0 spiro atoms. The number of rotatable bonds is 7. The third-order valence-electron chi connectivity index (χ3n) is 4.68. The maximum absolute atomic E-state index is 11.4. The Morgan fingerprint density at radius 3 is 2.82 bits per heavy atom. The van der Waals surface area contributed by atoms with E-state index in [1.807, 2.05) is 42.5 Å². The Kier molecular flexibility index (Phi) is 5.05. The molecule has 142 valence electrons. The van der Waals surface area contributed by atoms with Crippen LogP contribution in [0.5, 0.6) is 5.88 Å². The fraction of sp³-hybridized carbons (Fsp3) is 0.190. The first-order valence-electron chi connectivity index (χ1n) is 9.10. The lowest BCUT2D eigenvalue weighted by Gasteiger charge is -2.12. The molecule has 0 amide bonds. The Morgan fingerprint density at radius 2 is 2.00 bits per heavy atom. The molecular weight excluding hydrogens is 356 g/mol. The van der Waals surface area contributed by atoms with Crippen molar-refractivity contribution in [3.63, 3.8) is 0 Å². The lowest BCUT2D eigenvalue weighted by atomic mass is 10.1. The van der Waals surface area contributed by atoms with Crippen LogP contribution in [0, 0.1) is 10.1 Å². The Bertz CT molecular complexity index is 992. The summed E-state index contributed by atoms with van der Waals surface area (Å²) in [6.07, 6.45) is 2.45. The van der Waals surface area contributed by atoms with E-state index in [0.29, 0.717) is 24.7 Å². The molecule has 28 heavy (non-hydrogen) atoms. The molecule has 0 aliphatic carbocycles. The fourth-order valence-corrected chi connectivity index (χ4v) is 3.29. The number of anilines is 2. The van der Waals surface area contributed by atoms with Crippen molar-refractivity contribution in [2.75, 3.05) is 17.2 Å². The standard InChI is InChI=1S/C21H20N4O3/c26-25(27)19-7-6-18-17(9-11-22-18)21(19)24-13-16-8-10-23-20(12-16)28-14-15-4-2-1-3-5-15/h1-8,10,12,22,24H,9,11,13-14H2. The smallest absolute Gasteiger partial charge is 0.292 e. The molecule has 7 heteroatoms. The molecule has 3 aromatic rings. The first-order chi connectivity index (χ1) is 13.7. The van der Waals surface area contributed by atoms with Gasteiger partial charge < -0.3 is 15.4 Å². The van der Waals surface area contributed by atoms with Gasteiger partial charge in [-0.2, -0.15) is 0 Å². The average Bonchev–Trinajstić information content (AvgIpc) is 3.20. The first-order valence-corrected chi connectivity index (χ1v) is 9.10. The number of hydrogen-bond acceptors (Lipinski definition) is 6. The maximum atomic E-state index is 11.4. The quantitative estimate of drug-likeness (QED) is 0.476. The second-order valence-corrected chi connectivity index (χ2v) is 6.55. The molecule has 1 aliphatic rings. The number of ether oxygens (including phenoxy) is 1. The van der Waals surface area contributed by atoms with Crippen molar-refractivity contribution in [1.82, 2.24) is 4.98 Å². The van der Waals surface area contributed by atoms with Gasteiger partial charge in [0.05, 0.1) is 4.92 Å². The molecule has 4 rings (SSSR count). The fourth-order valence-electron chi connectivity index (χ4n) is 3.29. The number of pyridine rings is 1. The van der Waals surface area contributed by atoms with Gasteiger partial charge in [0.15, 0.2) is 0 Å². The molecule has 2 N–H and O–H groups in total. The zero-order valence-corrected chi connectivity index (χ0v) is 15.2. The van der Waals surface area contributed by atoms with Crippen molar-refractivity contribution in [1.29, 1.82) is 0 Å². The second-order valence-electron chi connectivity index (χ2n) is 6.55. The Balaban J connectivity index is 1.47. The second kappa shape index (κ2) is 7.96. The Labute approximate surface area is 162 Å². The summed E-state index contributed by atoms with van der Waals surface area (Å²) in [6.45, 7) is 1.67. The van der Waals surface area contributed by atoms with Crippen LogP contribution >= 0.6 is 0 Å². The number of nitro groups is 1. The molecule has 1 aliphatic heterocycles. The summed E-state index contributed by atoms with van der Waals surface area (Å²) in [5.74, 6) is 0.526. The molecule has 0 radical (unpaired) electrons.